The summed E-state index contributed by atoms with van der Waals surface area (Å²) in [6.45, 7) is 0. The van der Waals surface area contributed by atoms with Crippen molar-refractivity contribution in [1.29, 1.82) is 0 Å². The van der Waals surface area contributed by atoms with E-state index in [0.29, 0.717) is 78.2 Å². The summed E-state index contributed by atoms with van der Waals surface area (Å²) >= 11 is 0. The molecule has 444 valence electrons. The van der Waals surface area contributed by atoms with E-state index in [1.165, 1.54) is 0 Å². The van der Waals surface area contributed by atoms with E-state index in [1.54, 1.807) is 62.3 Å². The zero-order chi connectivity index (χ0) is 61.5. The Kier molecular flexibility index (Phi) is 16.3. The van der Waals surface area contributed by atoms with E-state index in [0.717, 1.165) is 85.6 Å². The first-order valence-electron chi connectivity index (χ1n) is 29.5. The molecule has 15 rings (SSSR count). The first-order chi connectivity index (χ1) is 44.0. The summed E-state index contributed by atoms with van der Waals surface area (Å²) in [7, 11) is 3.85. The van der Waals surface area contributed by atoms with Crippen LogP contribution in [0.25, 0.3) is 50.7 Å². The highest BCUT2D eigenvalue weighted by Gasteiger charge is 2.23. The minimum Gasteiger partial charge on any atom is -0.508 e. The standard InChI is InChI=1S/C24H21N5O2.C24H21N5O.C24H20N4O/c1-28-12-11-25-22(28)14-20-24(31)29-15-21(17-7-9-18(30)10-8-17)26-19(23(29)27-20)13-16-5-3-2-4-6-16;1-28-13-12-25-22(28)15-20-24(30)29-16-21(18-10-6-3-7-11-18)26-19(23(29)27-20)14-17-8-4-2-5-9-17;29-24-21(15-19-12-7-13-25-19)27-23-20(14-17-8-3-1-4-9-17)26-22(16-28(23)24)18-10-5-2-6-11-18/h2-12,15,30-31H,13-14H2,1H3;2-13,16,30H,14-15H2,1H3;1-11,13,16,29H,12,14-15H2. The fourth-order valence-corrected chi connectivity index (χ4v) is 10.9. The van der Waals surface area contributed by atoms with Crippen molar-refractivity contribution in [3.8, 4) is 57.2 Å². The van der Waals surface area contributed by atoms with Crippen LogP contribution in [0.4, 0.5) is 0 Å². The van der Waals surface area contributed by atoms with Crippen molar-refractivity contribution in [2.24, 2.45) is 19.1 Å². The molecule has 0 saturated carbocycles. The lowest BCUT2D eigenvalue weighted by atomic mass is 10.1. The number of aliphatic imine (C=N–C) groups is 1. The molecule has 0 fully saturated rings. The van der Waals surface area contributed by atoms with Gasteiger partial charge in [-0.2, -0.15) is 0 Å². The highest BCUT2D eigenvalue weighted by molar-refractivity contribution is 5.90. The summed E-state index contributed by atoms with van der Waals surface area (Å²) in [5, 5.41) is 42.5. The lowest BCUT2D eigenvalue weighted by molar-refractivity contribution is 0.441. The van der Waals surface area contributed by atoms with Crippen molar-refractivity contribution in [1.82, 2.24) is 62.2 Å². The van der Waals surface area contributed by atoms with E-state index in [9.17, 15) is 20.4 Å². The Labute approximate surface area is 518 Å². The molecule has 18 heteroatoms. The van der Waals surface area contributed by atoms with Crippen molar-refractivity contribution < 1.29 is 20.4 Å². The number of nitrogens with zero attached hydrogens (tertiary/aromatic N) is 14. The molecule has 0 saturated heterocycles. The molecule has 0 bridgehead atoms. The summed E-state index contributed by atoms with van der Waals surface area (Å²) in [6, 6.07) is 57.3. The number of imidazole rings is 5. The van der Waals surface area contributed by atoms with Gasteiger partial charge in [-0.1, -0.05) is 158 Å². The van der Waals surface area contributed by atoms with Crippen LogP contribution in [-0.4, -0.2) is 88.3 Å². The Morgan fingerprint density at radius 3 is 1.04 bits per heavy atom. The number of rotatable bonds is 15. The molecule has 0 atom stereocenters. The lowest BCUT2D eigenvalue weighted by Gasteiger charge is -2.08. The normalized spacial score (nSPS) is 11.9. The van der Waals surface area contributed by atoms with Gasteiger partial charge in [-0.25, -0.2) is 39.9 Å². The highest BCUT2D eigenvalue weighted by Crippen LogP contribution is 2.32. The average Bonchev–Trinajstić information content (AvgIpc) is 1.67. The van der Waals surface area contributed by atoms with E-state index < -0.39 is 0 Å². The summed E-state index contributed by atoms with van der Waals surface area (Å²) in [5.41, 5.74) is 15.7. The minimum atomic E-state index is 0.0785. The Bertz CT molecular complexity index is 4860. The first-order valence-corrected chi connectivity index (χ1v) is 29.5. The number of benzene rings is 6. The van der Waals surface area contributed by atoms with Crippen LogP contribution >= 0.6 is 0 Å². The predicted octanol–water partition coefficient (Wildman–Crippen LogP) is 12.3. The van der Waals surface area contributed by atoms with Crippen molar-refractivity contribution in [2.75, 3.05) is 0 Å². The van der Waals surface area contributed by atoms with Crippen molar-refractivity contribution in [3.05, 3.63) is 294 Å². The van der Waals surface area contributed by atoms with Gasteiger partial charge in [0.25, 0.3) is 0 Å². The second-order valence-corrected chi connectivity index (χ2v) is 21.9. The second kappa shape index (κ2) is 25.7. The van der Waals surface area contributed by atoms with E-state index in [2.05, 4.69) is 39.2 Å². The van der Waals surface area contributed by atoms with Gasteiger partial charge in [0.05, 0.1) is 47.0 Å². The lowest BCUT2D eigenvalue weighted by Crippen LogP contribution is -2.01. The summed E-state index contributed by atoms with van der Waals surface area (Å²) in [6.07, 6.45) is 20.6. The van der Waals surface area contributed by atoms with Crippen LogP contribution in [0.2, 0.25) is 0 Å². The van der Waals surface area contributed by atoms with Crippen LogP contribution in [0.5, 0.6) is 23.4 Å². The van der Waals surface area contributed by atoms with E-state index in [1.807, 2.05) is 181 Å². The zero-order valence-corrected chi connectivity index (χ0v) is 49.4. The molecule has 18 nitrogen and oxygen atoms in total. The van der Waals surface area contributed by atoms with E-state index in [-0.39, 0.29) is 23.4 Å². The maximum absolute atomic E-state index is 11.0. The number of hydrogen-bond donors (Lipinski definition) is 4. The SMILES string of the molecule is Cn1ccnc1Cc1nc2c(Cc3ccccc3)nc(-c3ccc(O)cc3)cn2c1O.Cn1ccnc1Cc1nc2c(Cc3ccccc3)nc(-c3ccccc3)cn2c1O.Oc1c(CC2=NC=CC2)nc2c(Cc3ccccc3)nc(-c3ccccc3)cn12. The van der Waals surface area contributed by atoms with Crippen molar-refractivity contribution >= 4 is 22.7 Å². The van der Waals surface area contributed by atoms with Gasteiger partial charge in [0.15, 0.2) is 16.9 Å². The molecule has 90 heavy (non-hydrogen) atoms. The largest absolute Gasteiger partial charge is 0.508 e. The number of fused-ring (bicyclic) bond motifs is 3. The van der Waals surface area contributed by atoms with Crippen molar-refractivity contribution in [3.63, 3.8) is 0 Å². The maximum atomic E-state index is 11.0. The Balaban J connectivity index is 0.000000124. The maximum Gasteiger partial charge on any atom is 0.219 e. The van der Waals surface area contributed by atoms with E-state index >= 15 is 0 Å². The molecule has 1 aliphatic rings. The molecule has 0 radical (unpaired) electrons. The van der Waals surface area contributed by atoms with Crippen LogP contribution in [0.1, 0.15) is 68.9 Å². The Hall–Kier alpha value is -11.8. The van der Waals surface area contributed by atoms with Gasteiger partial charge in [-0.15, -0.1) is 0 Å². The number of aromatic hydroxyl groups is 4. The molecule has 4 N–H and O–H groups in total. The Morgan fingerprint density at radius 2 is 0.711 bits per heavy atom. The molecule has 0 unspecified atom stereocenters. The molecule has 14 aromatic rings. The van der Waals surface area contributed by atoms with Crippen LogP contribution in [0.3, 0.4) is 0 Å². The fourth-order valence-electron chi connectivity index (χ4n) is 10.9. The predicted molar refractivity (Wildman–Crippen MR) is 347 cm³/mol. The molecule has 8 aromatic heterocycles. The van der Waals surface area contributed by atoms with Gasteiger partial charge in [-0.3, -0.25) is 18.2 Å². The number of phenols is 1. The third-order valence-electron chi connectivity index (χ3n) is 15.7. The van der Waals surface area contributed by atoms with Gasteiger partial charge in [-0.05, 0) is 41.0 Å². The highest BCUT2D eigenvalue weighted by atomic mass is 16.3. The van der Waals surface area contributed by atoms with Crippen LogP contribution in [0, 0.1) is 0 Å². The summed E-state index contributed by atoms with van der Waals surface area (Å²) < 4.78 is 9.03. The zero-order valence-electron chi connectivity index (χ0n) is 49.4. The van der Waals surface area contributed by atoms with E-state index in [4.69, 9.17) is 29.9 Å². The summed E-state index contributed by atoms with van der Waals surface area (Å²) in [4.78, 5) is 42.0. The van der Waals surface area contributed by atoms with Gasteiger partial charge in [0, 0.05) is 118 Å². The molecule has 0 spiro atoms. The number of hydrogen-bond acceptors (Lipinski definition) is 13. The second-order valence-electron chi connectivity index (χ2n) is 21.9. The smallest absolute Gasteiger partial charge is 0.219 e. The van der Waals surface area contributed by atoms with Crippen molar-refractivity contribution in [2.45, 2.75) is 44.9 Å². The molecule has 6 aromatic carbocycles. The monoisotopic (exact) mass is 1190 g/mol. The first kappa shape index (κ1) is 57.3. The van der Waals surface area contributed by atoms with Gasteiger partial charge in [0.1, 0.15) is 34.5 Å². The average molecular weight is 1190 g/mol. The summed E-state index contributed by atoms with van der Waals surface area (Å²) in [5.74, 6) is 2.21. The molecular weight excluding hydrogens is 1120 g/mol. The number of allylic oxidation sites excluding steroid dienone is 1. The quantitative estimate of drug-likeness (QED) is 0.0753. The van der Waals surface area contributed by atoms with Crippen LogP contribution in [-0.2, 0) is 52.6 Å². The third kappa shape index (κ3) is 12.6. The van der Waals surface area contributed by atoms with Crippen LogP contribution < -0.4 is 0 Å². The number of phenolic OH excluding ortho intramolecular Hbond substituents is 1. The topological polar surface area (TPSA) is 219 Å². The third-order valence-corrected chi connectivity index (χ3v) is 15.7. The molecule has 1 aliphatic heterocycles. The molecule has 9 heterocycles. The fraction of sp³-hybridized carbons (Fsp3) is 0.125. The van der Waals surface area contributed by atoms with Gasteiger partial charge < -0.3 is 29.6 Å². The van der Waals surface area contributed by atoms with Gasteiger partial charge >= 0.3 is 0 Å². The molecular formula is C72H62N14O4. The Morgan fingerprint density at radius 1 is 0.367 bits per heavy atom. The minimum absolute atomic E-state index is 0.0785. The van der Waals surface area contributed by atoms with Crippen LogP contribution in [0.15, 0.2) is 237 Å². The molecule has 0 amide bonds. The number of aromatic nitrogens is 13. The van der Waals surface area contributed by atoms with Gasteiger partial charge in [0.2, 0.25) is 17.6 Å². The molecule has 0 aliphatic carbocycles. The number of aryl methyl sites for hydroxylation is 2.